The molecule has 1 fully saturated rings. The van der Waals surface area contributed by atoms with Crippen LogP contribution in [0.1, 0.15) is 44.2 Å². The number of nitrogens with zero attached hydrogens (tertiary/aromatic N) is 1. The van der Waals surface area contributed by atoms with Gasteiger partial charge in [-0.15, -0.1) is 0 Å². The van der Waals surface area contributed by atoms with Crippen molar-refractivity contribution in [3.8, 4) is 11.1 Å². The SMILES string of the molecule is CC(C)(C)OC(=O)N1C[C@H]1C[C@@H](NC(=O)OCC1c2ccccc2-c2ccccc21)C(=O)O. The fourth-order valence-corrected chi connectivity index (χ4v) is 4.20. The number of fused-ring (bicyclic) bond motifs is 3. The number of nitrogens with one attached hydrogen (secondary N) is 1. The topological polar surface area (TPSA) is 105 Å². The summed E-state index contributed by atoms with van der Waals surface area (Å²) in [5.41, 5.74) is 3.75. The summed E-state index contributed by atoms with van der Waals surface area (Å²) in [5, 5.41) is 12.0. The number of carbonyl (C=O) groups excluding carboxylic acids is 2. The van der Waals surface area contributed by atoms with Crippen LogP contribution >= 0.6 is 0 Å². The number of hydrogen-bond donors (Lipinski definition) is 2. The van der Waals surface area contributed by atoms with Crippen LogP contribution < -0.4 is 5.32 Å². The summed E-state index contributed by atoms with van der Waals surface area (Å²) in [6, 6.07) is 14.5. The Morgan fingerprint density at radius 2 is 1.64 bits per heavy atom. The zero-order chi connectivity index (χ0) is 23.8. The van der Waals surface area contributed by atoms with Crippen LogP contribution in [0.15, 0.2) is 48.5 Å². The van der Waals surface area contributed by atoms with Gasteiger partial charge in [0.1, 0.15) is 18.2 Å². The minimum atomic E-state index is -1.18. The number of amides is 2. The summed E-state index contributed by atoms with van der Waals surface area (Å²) in [4.78, 5) is 37.7. The quantitative estimate of drug-likeness (QED) is 0.642. The van der Waals surface area contributed by atoms with Crippen molar-refractivity contribution in [1.82, 2.24) is 10.2 Å². The smallest absolute Gasteiger partial charge is 0.410 e. The molecule has 0 spiro atoms. The average Bonchev–Trinajstić information content (AvgIpc) is 3.45. The van der Waals surface area contributed by atoms with Crippen molar-refractivity contribution in [3.05, 3.63) is 59.7 Å². The van der Waals surface area contributed by atoms with Gasteiger partial charge in [-0.3, -0.25) is 0 Å². The summed E-state index contributed by atoms with van der Waals surface area (Å²) in [6.45, 7) is 5.79. The van der Waals surface area contributed by atoms with Gasteiger partial charge in [-0.25, -0.2) is 14.4 Å². The van der Waals surface area contributed by atoms with Crippen molar-refractivity contribution in [1.29, 1.82) is 0 Å². The molecular formula is C25H28N2O6. The minimum absolute atomic E-state index is 0.0821. The predicted octanol–water partition coefficient (Wildman–Crippen LogP) is 3.99. The molecule has 174 valence electrons. The van der Waals surface area contributed by atoms with E-state index in [4.69, 9.17) is 9.47 Å². The standard InChI is InChI=1S/C25H28N2O6/c1-25(2,3)33-24(31)27-13-15(27)12-21(22(28)29)26-23(30)32-14-20-18-10-6-4-8-16(18)17-9-5-7-11-19(17)20/h4-11,15,20-21H,12-14H2,1-3H3,(H,26,30)(H,28,29)/t15-,21-,27?/m1/s1. The molecule has 0 aromatic heterocycles. The number of carboxylic acid groups (broad SMARTS) is 1. The van der Waals surface area contributed by atoms with Crippen molar-refractivity contribution in [2.75, 3.05) is 13.2 Å². The Bertz CT molecular complexity index is 1030. The molecular weight excluding hydrogens is 424 g/mol. The van der Waals surface area contributed by atoms with Gasteiger partial charge in [0.25, 0.3) is 0 Å². The average molecular weight is 453 g/mol. The zero-order valence-corrected chi connectivity index (χ0v) is 18.9. The molecule has 33 heavy (non-hydrogen) atoms. The third-order valence-corrected chi connectivity index (χ3v) is 5.78. The van der Waals surface area contributed by atoms with E-state index < -0.39 is 29.8 Å². The summed E-state index contributed by atoms with van der Waals surface area (Å²) in [6.07, 6.45) is -1.20. The molecule has 2 atom stereocenters. The largest absolute Gasteiger partial charge is 0.480 e. The highest BCUT2D eigenvalue weighted by atomic mass is 16.6. The van der Waals surface area contributed by atoms with Gasteiger partial charge in [0, 0.05) is 18.9 Å². The highest BCUT2D eigenvalue weighted by Crippen LogP contribution is 2.44. The molecule has 2 aliphatic rings. The Labute approximate surface area is 192 Å². The summed E-state index contributed by atoms with van der Waals surface area (Å²) in [7, 11) is 0. The second-order valence-corrected chi connectivity index (χ2v) is 9.38. The van der Waals surface area contributed by atoms with Crippen molar-refractivity contribution in [2.45, 2.75) is 50.8 Å². The summed E-state index contributed by atoms with van der Waals surface area (Å²) in [5.74, 6) is -1.29. The van der Waals surface area contributed by atoms with E-state index in [-0.39, 0.29) is 25.0 Å². The van der Waals surface area contributed by atoms with Gasteiger partial charge in [-0.05, 0) is 43.0 Å². The third-order valence-electron chi connectivity index (χ3n) is 5.78. The maximum atomic E-state index is 12.4. The first-order chi connectivity index (χ1) is 15.6. The summed E-state index contributed by atoms with van der Waals surface area (Å²) < 4.78 is 10.7. The number of carbonyl (C=O) groups is 3. The molecule has 2 aromatic rings. The maximum absolute atomic E-state index is 12.4. The first kappa shape index (κ1) is 22.6. The van der Waals surface area contributed by atoms with E-state index in [1.54, 1.807) is 20.8 Å². The van der Waals surface area contributed by atoms with Crippen molar-refractivity contribution in [2.24, 2.45) is 0 Å². The zero-order valence-electron chi connectivity index (χ0n) is 18.9. The lowest BCUT2D eigenvalue weighted by atomic mass is 9.98. The van der Waals surface area contributed by atoms with Crippen LogP contribution in [-0.2, 0) is 14.3 Å². The van der Waals surface area contributed by atoms with E-state index in [9.17, 15) is 19.5 Å². The van der Waals surface area contributed by atoms with E-state index >= 15 is 0 Å². The molecule has 8 heteroatoms. The fourth-order valence-electron chi connectivity index (χ4n) is 4.20. The second kappa shape index (κ2) is 8.77. The van der Waals surface area contributed by atoms with Gasteiger partial charge in [-0.1, -0.05) is 48.5 Å². The molecule has 1 aliphatic heterocycles. The minimum Gasteiger partial charge on any atom is -0.480 e. The van der Waals surface area contributed by atoms with Crippen LogP contribution in [0.2, 0.25) is 0 Å². The molecule has 0 saturated carbocycles. The van der Waals surface area contributed by atoms with Crippen molar-refractivity contribution in [3.63, 3.8) is 0 Å². The van der Waals surface area contributed by atoms with Crippen LogP contribution in [-0.4, -0.2) is 59.0 Å². The molecule has 8 nitrogen and oxygen atoms in total. The lowest BCUT2D eigenvalue weighted by Crippen LogP contribution is -2.42. The Morgan fingerprint density at radius 1 is 1.06 bits per heavy atom. The number of rotatable bonds is 6. The molecule has 2 amide bonds. The van der Waals surface area contributed by atoms with Crippen molar-refractivity contribution < 1.29 is 29.0 Å². The van der Waals surface area contributed by atoms with Crippen LogP contribution in [0.4, 0.5) is 9.59 Å². The maximum Gasteiger partial charge on any atom is 0.410 e. The van der Waals surface area contributed by atoms with Crippen LogP contribution in [0, 0.1) is 0 Å². The Balaban J connectivity index is 1.33. The highest BCUT2D eigenvalue weighted by molar-refractivity contribution is 5.81. The number of alkyl carbamates (subject to hydrolysis) is 1. The molecule has 0 radical (unpaired) electrons. The van der Waals surface area contributed by atoms with E-state index in [0.29, 0.717) is 6.54 Å². The molecule has 4 rings (SSSR count). The molecule has 1 saturated heterocycles. The van der Waals surface area contributed by atoms with Gasteiger partial charge < -0.3 is 24.8 Å². The van der Waals surface area contributed by atoms with Gasteiger partial charge in [0.2, 0.25) is 0 Å². The number of benzene rings is 2. The lowest BCUT2D eigenvalue weighted by Gasteiger charge is -2.20. The van der Waals surface area contributed by atoms with Gasteiger partial charge >= 0.3 is 18.2 Å². The van der Waals surface area contributed by atoms with Crippen LogP contribution in [0.25, 0.3) is 11.1 Å². The van der Waals surface area contributed by atoms with E-state index in [1.165, 1.54) is 4.90 Å². The molecule has 2 N–H and O–H groups in total. The van der Waals surface area contributed by atoms with E-state index in [1.807, 2.05) is 48.5 Å². The number of aliphatic carboxylic acids is 1. The van der Waals surface area contributed by atoms with E-state index in [2.05, 4.69) is 5.32 Å². The normalized spacial score (nSPS) is 17.5. The molecule has 1 aliphatic carbocycles. The van der Waals surface area contributed by atoms with Crippen LogP contribution in [0.5, 0.6) is 0 Å². The monoisotopic (exact) mass is 452 g/mol. The Morgan fingerprint density at radius 3 is 2.18 bits per heavy atom. The second-order valence-electron chi connectivity index (χ2n) is 9.38. The highest BCUT2D eigenvalue weighted by Gasteiger charge is 2.43. The number of ether oxygens (including phenoxy) is 2. The first-order valence-corrected chi connectivity index (χ1v) is 11.0. The fraction of sp³-hybridized carbons (Fsp3) is 0.400. The van der Waals surface area contributed by atoms with Gasteiger partial charge in [0.15, 0.2) is 0 Å². The molecule has 0 bridgehead atoms. The van der Waals surface area contributed by atoms with Crippen LogP contribution in [0.3, 0.4) is 0 Å². The predicted molar refractivity (Wildman–Crippen MR) is 121 cm³/mol. The molecule has 0 unspecified atom stereocenters. The summed E-state index contributed by atoms with van der Waals surface area (Å²) >= 11 is 0. The number of carboxylic acids is 1. The van der Waals surface area contributed by atoms with Crippen molar-refractivity contribution >= 4 is 18.2 Å². The Hall–Kier alpha value is -3.55. The molecule has 1 heterocycles. The number of hydrogen-bond acceptors (Lipinski definition) is 5. The Kier molecular flexibility index (Phi) is 6.01. The van der Waals surface area contributed by atoms with E-state index in [0.717, 1.165) is 22.3 Å². The first-order valence-electron chi connectivity index (χ1n) is 11.0. The van der Waals surface area contributed by atoms with Gasteiger partial charge in [0.05, 0.1) is 6.04 Å². The lowest BCUT2D eigenvalue weighted by molar-refractivity contribution is -0.139. The molecule has 2 aromatic carbocycles. The van der Waals surface area contributed by atoms with Gasteiger partial charge in [-0.2, -0.15) is 0 Å². The third kappa shape index (κ3) is 5.10.